The highest BCUT2D eigenvalue weighted by Crippen LogP contribution is 2.15. The molecule has 1 amide bonds. The fourth-order valence-corrected chi connectivity index (χ4v) is 3.50. The van der Waals surface area contributed by atoms with Gasteiger partial charge in [0.2, 0.25) is 0 Å². The molecule has 0 atom stereocenters. The smallest absolute Gasteiger partial charge is 0.273 e. The van der Waals surface area contributed by atoms with E-state index in [1.54, 1.807) is 4.80 Å². The van der Waals surface area contributed by atoms with Gasteiger partial charge in [0.1, 0.15) is 0 Å². The molecule has 1 N–H and O–H groups in total. The molecule has 1 aromatic heterocycles. The van der Waals surface area contributed by atoms with E-state index >= 15 is 0 Å². The second-order valence-corrected chi connectivity index (χ2v) is 7.23. The maximum Gasteiger partial charge on any atom is 0.273 e. The zero-order chi connectivity index (χ0) is 18.5. The number of carbonyl (C=O) groups excluding carboxylic acids is 1. The predicted octanol–water partition coefficient (Wildman–Crippen LogP) is 2.80. The zero-order valence-electron chi connectivity index (χ0n) is 16.1. The van der Waals surface area contributed by atoms with Crippen LogP contribution < -0.4 is 5.32 Å². The Morgan fingerprint density at radius 3 is 2.50 bits per heavy atom. The monoisotopic (exact) mass is 355 g/mol. The average molecular weight is 355 g/mol. The van der Waals surface area contributed by atoms with Crippen LogP contribution in [0.2, 0.25) is 0 Å². The number of hydrogen-bond donors (Lipinski definition) is 1. The van der Waals surface area contributed by atoms with Crippen molar-refractivity contribution in [2.45, 2.75) is 46.5 Å². The molecule has 1 aliphatic heterocycles. The summed E-state index contributed by atoms with van der Waals surface area (Å²) in [6.07, 6.45) is 5.17. The van der Waals surface area contributed by atoms with E-state index in [1.165, 1.54) is 31.2 Å². The highest BCUT2D eigenvalue weighted by atomic mass is 16.2. The van der Waals surface area contributed by atoms with E-state index in [0.29, 0.717) is 17.9 Å². The third-order valence-corrected chi connectivity index (χ3v) is 4.98. The summed E-state index contributed by atoms with van der Waals surface area (Å²) in [5, 5.41) is 11.9. The van der Waals surface area contributed by atoms with Crippen molar-refractivity contribution in [2.75, 3.05) is 26.2 Å². The molecule has 1 saturated heterocycles. The minimum Gasteiger partial charge on any atom is -0.349 e. The molecule has 0 radical (unpaired) electrons. The highest BCUT2D eigenvalue weighted by molar-refractivity contribution is 5.93. The van der Waals surface area contributed by atoms with Crippen LogP contribution in [-0.2, 0) is 0 Å². The van der Waals surface area contributed by atoms with Crippen LogP contribution in [0.25, 0.3) is 5.69 Å². The second-order valence-electron chi connectivity index (χ2n) is 7.23. The molecule has 140 valence electrons. The molecule has 6 heteroatoms. The lowest BCUT2D eigenvalue weighted by atomic mass is 10.1. The number of nitrogens with zero attached hydrogens (tertiary/aromatic N) is 4. The van der Waals surface area contributed by atoms with Gasteiger partial charge in [-0.1, -0.05) is 30.5 Å². The summed E-state index contributed by atoms with van der Waals surface area (Å²) in [6, 6.07) is 6.11. The van der Waals surface area contributed by atoms with E-state index < -0.39 is 0 Å². The Kier molecular flexibility index (Phi) is 6.04. The standard InChI is InChI=1S/C20H29N5O/c1-15-8-9-18(16(2)14-15)25-22-17(3)19(23-25)20(26)21-10-13-24-11-6-4-5-7-12-24/h8-9,14H,4-7,10-13H2,1-3H3,(H,21,26). The predicted molar refractivity (Wildman–Crippen MR) is 103 cm³/mol. The molecule has 1 aromatic carbocycles. The van der Waals surface area contributed by atoms with E-state index in [1.807, 2.05) is 26.0 Å². The van der Waals surface area contributed by atoms with Crippen molar-refractivity contribution in [1.29, 1.82) is 0 Å². The molecular weight excluding hydrogens is 326 g/mol. The molecule has 2 heterocycles. The van der Waals surface area contributed by atoms with Crippen molar-refractivity contribution in [3.63, 3.8) is 0 Å². The van der Waals surface area contributed by atoms with Crippen molar-refractivity contribution in [1.82, 2.24) is 25.2 Å². The Balaban J connectivity index is 1.62. The van der Waals surface area contributed by atoms with Gasteiger partial charge >= 0.3 is 0 Å². The Labute approximate surface area is 155 Å². The first-order chi connectivity index (χ1) is 12.5. The van der Waals surface area contributed by atoms with Crippen molar-refractivity contribution in [3.8, 4) is 5.69 Å². The number of nitrogens with one attached hydrogen (secondary N) is 1. The molecule has 1 fully saturated rings. The molecule has 2 aromatic rings. The fourth-order valence-electron chi connectivity index (χ4n) is 3.50. The lowest BCUT2D eigenvalue weighted by Gasteiger charge is -2.19. The van der Waals surface area contributed by atoms with E-state index in [2.05, 4.69) is 33.4 Å². The van der Waals surface area contributed by atoms with Crippen molar-refractivity contribution < 1.29 is 4.79 Å². The Bertz CT molecular complexity index is 760. The Morgan fingerprint density at radius 1 is 1.08 bits per heavy atom. The molecule has 0 bridgehead atoms. The molecule has 3 rings (SSSR count). The maximum atomic E-state index is 12.5. The van der Waals surface area contributed by atoms with E-state index in [4.69, 9.17) is 0 Å². The van der Waals surface area contributed by atoms with E-state index in [9.17, 15) is 4.79 Å². The highest BCUT2D eigenvalue weighted by Gasteiger charge is 2.17. The number of benzene rings is 1. The van der Waals surface area contributed by atoms with Crippen molar-refractivity contribution >= 4 is 5.91 Å². The SMILES string of the molecule is Cc1ccc(-n2nc(C)c(C(=O)NCCN3CCCCCC3)n2)c(C)c1. The molecule has 6 nitrogen and oxygen atoms in total. The number of aromatic nitrogens is 3. The van der Waals surface area contributed by atoms with Gasteiger partial charge in [0.25, 0.3) is 5.91 Å². The van der Waals surface area contributed by atoms with Crippen LogP contribution in [0.5, 0.6) is 0 Å². The lowest BCUT2D eigenvalue weighted by Crippen LogP contribution is -2.35. The van der Waals surface area contributed by atoms with Gasteiger partial charge in [-0.3, -0.25) is 4.79 Å². The molecular formula is C20H29N5O. The van der Waals surface area contributed by atoms with Crippen LogP contribution in [-0.4, -0.2) is 52.0 Å². The van der Waals surface area contributed by atoms with Gasteiger partial charge < -0.3 is 10.2 Å². The van der Waals surface area contributed by atoms with Crippen LogP contribution in [0.4, 0.5) is 0 Å². The first-order valence-electron chi connectivity index (χ1n) is 9.57. The summed E-state index contributed by atoms with van der Waals surface area (Å²) in [4.78, 5) is 16.5. The summed E-state index contributed by atoms with van der Waals surface area (Å²) < 4.78 is 0. The minimum absolute atomic E-state index is 0.145. The van der Waals surface area contributed by atoms with Crippen LogP contribution in [0.15, 0.2) is 18.2 Å². The topological polar surface area (TPSA) is 63.1 Å². The zero-order valence-corrected chi connectivity index (χ0v) is 16.1. The first kappa shape index (κ1) is 18.6. The largest absolute Gasteiger partial charge is 0.349 e. The molecule has 1 aliphatic rings. The minimum atomic E-state index is -0.145. The van der Waals surface area contributed by atoms with Crippen LogP contribution in [0.1, 0.15) is 53.0 Å². The van der Waals surface area contributed by atoms with Gasteiger partial charge in [-0.2, -0.15) is 9.90 Å². The fraction of sp³-hybridized carbons (Fsp3) is 0.550. The van der Waals surface area contributed by atoms with Crippen molar-refractivity contribution in [2.24, 2.45) is 0 Å². The maximum absolute atomic E-state index is 12.5. The number of carbonyl (C=O) groups is 1. The van der Waals surface area contributed by atoms with Gasteiger partial charge in [-0.05, 0) is 58.3 Å². The van der Waals surface area contributed by atoms with Gasteiger partial charge in [0.05, 0.1) is 11.4 Å². The van der Waals surface area contributed by atoms with Gasteiger partial charge in [0.15, 0.2) is 5.69 Å². The third-order valence-electron chi connectivity index (χ3n) is 4.98. The number of rotatable bonds is 5. The number of likely N-dealkylation sites (tertiary alicyclic amines) is 1. The third kappa shape index (κ3) is 4.49. The van der Waals surface area contributed by atoms with E-state index in [-0.39, 0.29) is 5.91 Å². The number of amides is 1. The second kappa shape index (κ2) is 8.45. The Hall–Kier alpha value is -2.21. The normalized spacial score (nSPS) is 15.7. The van der Waals surface area contributed by atoms with Crippen LogP contribution >= 0.6 is 0 Å². The molecule has 26 heavy (non-hydrogen) atoms. The summed E-state index contributed by atoms with van der Waals surface area (Å²) in [6.45, 7) is 9.74. The lowest BCUT2D eigenvalue weighted by molar-refractivity contribution is 0.0942. The van der Waals surface area contributed by atoms with Crippen LogP contribution in [0.3, 0.4) is 0 Å². The average Bonchev–Trinajstić information content (AvgIpc) is 2.81. The summed E-state index contributed by atoms with van der Waals surface area (Å²) >= 11 is 0. The quantitative estimate of drug-likeness (QED) is 0.896. The summed E-state index contributed by atoms with van der Waals surface area (Å²) in [7, 11) is 0. The Morgan fingerprint density at radius 2 is 1.81 bits per heavy atom. The van der Waals surface area contributed by atoms with Gasteiger partial charge in [-0.15, -0.1) is 5.10 Å². The molecule has 0 spiro atoms. The van der Waals surface area contributed by atoms with Crippen molar-refractivity contribution in [3.05, 3.63) is 40.7 Å². The molecule has 0 aliphatic carbocycles. The molecule has 0 unspecified atom stereocenters. The number of hydrogen-bond acceptors (Lipinski definition) is 4. The summed E-state index contributed by atoms with van der Waals surface area (Å²) in [5.41, 5.74) is 4.25. The first-order valence-corrected chi connectivity index (χ1v) is 9.57. The van der Waals surface area contributed by atoms with Crippen LogP contribution in [0, 0.1) is 20.8 Å². The summed E-state index contributed by atoms with van der Waals surface area (Å²) in [5.74, 6) is -0.145. The van der Waals surface area contributed by atoms with Gasteiger partial charge in [0, 0.05) is 13.1 Å². The molecule has 0 saturated carbocycles. The van der Waals surface area contributed by atoms with Gasteiger partial charge in [-0.25, -0.2) is 0 Å². The van der Waals surface area contributed by atoms with E-state index in [0.717, 1.165) is 30.9 Å². The number of aryl methyl sites for hydroxylation is 3.